The zero-order valence-electron chi connectivity index (χ0n) is 11.8. The molecular weight excluding hydrogens is 218 g/mol. The molecule has 1 unspecified atom stereocenters. The molecule has 0 aromatic carbocycles. The lowest BCUT2D eigenvalue weighted by Gasteiger charge is -2.21. The van der Waals surface area contributed by atoms with Gasteiger partial charge < -0.3 is 19.5 Å². The molecule has 0 radical (unpaired) electrons. The number of likely N-dealkylation sites (N-methyl/N-ethyl adjacent to an activating group) is 1. The van der Waals surface area contributed by atoms with E-state index in [1.807, 2.05) is 0 Å². The molecule has 4 heteroatoms. The second-order valence-electron chi connectivity index (χ2n) is 4.44. The molecule has 1 N–H and O–H groups in total. The third kappa shape index (κ3) is 10.7. The second kappa shape index (κ2) is 12.3. The van der Waals surface area contributed by atoms with Crippen molar-refractivity contribution >= 4 is 0 Å². The maximum Gasteiger partial charge on any atom is 0.0700 e. The zero-order valence-corrected chi connectivity index (χ0v) is 11.8. The highest BCUT2D eigenvalue weighted by Crippen LogP contribution is 2.02. The smallest absolute Gasteiger partial charge is 0.0700 e. The van der Waals surface area contributed by atoms with Gasteiger partial charge in [0, 0.05) is 26.4 Å². The molecule has 0 bridgehead atoms. The molecule has 17 heavy (non-hydrogen) atoms. The van der Waals surface area contributed by atoms with E-state index in [9.17, 15) is 0 Å². The standard InChI is InChI=1S/C13H29NO3/c1-5-14-13(12(2)3)11-17-8-6-7-16-10-9-15-4/h12-14H,5-11H2,1-4H3. The Bertz CT molecular complexity index is 154. The van der Waals surface area contributed by atoms with E-state index in [2.05, 4.69) is 26.1 Å². The van der Waals surface area contributed by atoms with Crippen LogP contribution in [0.2, 0.25) is 0 Å². The van der Waals surface area contributed by atoms with Crippen LogP contribution in [-0.4, -0.2) is 52.7 Å². The zero-order chi connectivity index (χ0) is 12.9. The molecule has 104 valence electrons. The molecule has 0 aromatic heterocycles. The lowest BCUT2D eigenvalue weighted by molar-refractivity contribution is 0.0448. The van der Waals surface area contributed by atoms with Crippen LogP contribution in [-0.2, 0) is 14.2 Å². The van der Waals surface area contributed by atoms with E-state index < -0.39 is 0 Å². The first-order chi connectivity index (χ1) is 8.22. The van der Waals surface area contributed by atoms with Crippen LogP contribution in [0, 0.1) is 5.92 Å². The second-order valence-corrected chi connectivity index (χ2v) is 4.44. The van der Waals surface area contributed by atoms with Crippen LogP contribution in [0.4, 0.5) is 0 Å². The molecule has 0 saturated carbocycles. The van der Waals surface area contributed by atoms with Gasteiger partial charge in [-0.2, -0.15) is 0 Å². The fourth-order valence-corrected chi connectivity index (χ4v) is 1.47. The van der Waals surface area contributed by atoms with Gasteiger partial charge in [0.1, 0.15) is 0 Å². The molecular formula is C13H29NO3. The lowest BCUT2D eigenvalue weighted by Crippen LogP contribution is -2.37. The van der Waals surface area contributed by atoms with Gasteiger partial charge >= 0.3 is 0 Å². The van der Waals surface area contributed by atoms with Gasteiger partial charge in [-0.25, -0.2) is 0 Å². The van der Waals surface area contributed by atoms with Gasteiger partial charge in [0.25, 0.3) is 0 Å². The average Bonchev–Trinajstić information content (AvgIpc) is 2.31. The Hall–Kier alpha value is -0.160. The summed E-state index contributed by atoms with van der Waals surface area (Å²) >= 11 is 0. The third-order valence-corrected chi connectivity index (χ3v) is 2.58. The van der Waals surface area contributed by atoms with Crippen LogP contribution in [0.3, 0.4) is 0 Å². The van der Waals surface area contributed by atoms with Crippen molar-refractivity contribution in [3.05, 3.63) is 0 Å². The van der Waals surface area contributed by atoms with Gasteiger partial charge in [0.05, 0.1) is 19.8 Å². The number of ether oxygens (including phenoxy) is 3. The molecule has 0 rings (SSSR count). The molecule has 0 aliphatic rings. The molecule has 0 fully saturated rings. The monoisotopic (exact) mass is 247 g/mol. The summed E-state index contributed by atoms with van der Waals surface area (Å²) in [4.78, 5) is 0. The predicted molar refractivity (Wildman–Crippen MR) is 70.4 cm³/mol. The quantitative estimate of drug-likeness (QED) is 0.533. The summed E-state index contributed by atoms with van der Waals surface area (Å²) in [6.07, 6.45) is 0.945. The highest BCUT2D eigenvalue weighted by atomic mass is 16.5. The van der Waals surface area contributed by atoms with Crippen molar-refractivity contribution in [2.45, 2.75) is 33.2 Å². The Labute approximate surface area is 106 Å². The van der Waals surface area contributed by atoms with Crippen LogP contribution < -0.4 is 5.32 Å². The van der Waals surface area contributed by atoms with Gasteiger partial charge in [0.2, 0.25) is 0 Å². The van der Waals surface area contributed by atoms with Gasteiger partial charge in [0.15, 0.2) is 0 Å². The molecule has 0 heterocycles. The van der Waals surface area contributed by atoms with Crippen molar-refractivity contribution in [1.82, 2.24) is 5.32 Å². The van der Waals surface area contributed by atoms with E-state index in [4.69, 9.17) is 14.2 Å². The Balaban J connectivity index is 3.30. The van der Waals surface area contributed by atoms with Gasteiger partial charge in [-0.3, -0.25) is 0 Å². The summed E-state index contributed by atoms with van der Waals surface area (Å²) in [5.41, 5.74) is 0. The van der Waals surface area contributed by atoms with Crippen molar-refractivity contribution in [3.8, 4) is 0 Å². The maximum absolute atomic E-state index is 5.64. The van der Waals surface area contributed by atoms with Crippen molar-refractivity contribution in [2.75, 3.05) is 46.7 Å². The fourth-order valence-electron chi connectivity index (χ4n) is 1.47. The minimum Gasteiger partial charge on any atom is -0.382 e. The minimum absolute atomic E-state index is 0.453. The number of rotatable bonds is 12. The normalized spacial score (nSPS) is 13.2. The van der Waals surface area contributed by atoms with Crippen molar-refractivity contribution in [1.29, 1.82) is 0 Å². The summed E-state index contributed by atoms with van der Waals surface area (Å²) in [6.45, 7) is 11.2. The van der Waals surface area contributed by atoms with Crippen LogP contribution in [0.1, 0.15) is 27.2 Å². The first-order valence-corrected chi connectivity index (χ1v) is 6.60. The molecule has 0 saturated heterocycles. The van der Waals surface area contributed by atoms with Crippen LogP contribution in [0.5, 0.6) is 0 Å². The summed E-state index contributed by atoms with van der Waals surface area (Å²) in [5.74, 6) is 0.605. The molecule has 0 aromatic rings. The van der Waals surface area contributed by atoms with Crippen molar-refractivity contribution in [2.24, 2.45) is 5.92 Å². The largest absolute Gasteiger partial charge is 0.382 e. The van der Waals surface area contributed by atoms with Gasteiger partial charge in [-0.15, -0.1) is 0 Å². The van der Waals surface area contributed by atoms with E-state index in [0.29, 0.717) is 25.2 Å². The van der Waals surface area contributed by atoms with E-state index in [-0.39, 0.29) is 0 Å². The van der Waals surface area contributed by atoms with Gasteiger partial charge in [-0.1, -0.05) is 20.8 Å². The molecule has 0 aliphatic heterocycles. The average molecular weight is 247 g/mol. The van der Waals surface area contributed by atoms with Crippen LogP contribution in [0.15, 0.2) is 0 Å². The summed E-state index contributed by atoms with van der Waals surface area (Å²) in [5, 5.41) is 3.43. The first kappa shape index (κ1) is 16.8. The molecule has 1 atom stereocenters. The highest BCUT2D eigenvalue weighted by molar-refractivity contribution is 4.68. The van der Waals surface area contributed by atoms with Crippen molar-refractivity contribution in [3.63, 3.8) is 0 Å². The Kier molecular flexibility index (Phi) is 12.2. The number of hydrogen-bond acceptors (Lipinski definition) is 4. The predicted octanol–water partition coefficient (Wildman–Crippen LogP) is 1.69. The molecule has 0 aliphatic carbocycles. The third-order valence-electron chi connectivity index (χ3n) is 2.58. The Morgan fingerprint density at radius 1 is 1.00 bits per heavy atom. The number of methoxy groups -OCH3 is 1. The molecule has 0 amide bonds. The SMILES string of the molecule is CCNC(COCCCOCCOC)C(C)C. The highest BCUT2D eigenvalue weighted by Gasteiger charge is 2.11. The molecule has 0 spiro atoms. The van der Waals surface area contributed by atoms with Crippen molar-refractivity contribution < 1.29 is 14.2 Å². The summed E-state index contributed by atoms with van der Waals surface area (Å²) < 4.78 is 15.9. The molecule has 4 nitrogen and oxygen atoms in total. The van der Waals surface area contributed by atoms with Crippen LogP contribution >= 0.6 is 0 Å². The van der Waals surface area contributed by atoms with E-state index >= 15 is 0 Å². The number of hydrogen-bond donors (Lipinski definition) is 1. The van der Waals surface area contributed by atoms with E-state index in [1.165, 1.54) is 0 Å². The summed E-state index contributed by atoms with van der Waals surface area (Å²) in [7, 11) is 1.68. The Morgan fingerprint density at radius 3 is 2.29 bits per heavy atom. The Morgan fingerprint density at radius 2 is 1.71 bits per heavy atom. The fraction of sp³-hybridized carbons (Fsp3) is 1.00. The number of nitrogens with one attached hydrogen (secondary N) is 1. The van der Waals surface area contributed by atoms with Gasteiger partial charge in [-0.05, 0) is 18.9 Å². The van der Waals surface area contributed by atoms with Crippen LogP contribution in [0.25, 0.3) is 0 Å². The first-order valence-electron chi connectivity index (χ1n) is 6.60. The minimum atomic E-state index is 0.453. The van der Waals surface area contributed by atoms with E-state index in [1.54, 1.807) is 7.11 Å². The lowest BCUT2D eigenvalue weighted by atomic mass is 10.1. The maximum atomic E-state index is 5.64. The summed E-state index contributed by atoms with van der Waals surface area (Å²) in [6, 6.07) is 0.453. The van der Waals surface area contributed by atoms with E-state index in [0.717, 1.165) is 32.8 Å². The topological polar surface area (TPSA) is 39.7 Å².